The van der Waals surface area contributed by atoms with Crippen molar-refractivity contribution in [1.82, 2.24) is 20.3 Å². The minimum Gasteiger partial charge on any atom is -0.312 e. The minimum absolute atomic E-state index is 0.684. The highest BCUT2D eigenvalue weighted by atomic mass is 32.2. The third kappa shape index (κ3) is 4.98. The number of hydrogen-bond acceptors (Lipinski definition) is 4. The van der Waals surface area contributed by atoms with Gasteiger partial charge in [0, 0.05) is 30.4 Å². The van der Waals surface area contributed by atoms with Gasteiger partial charge in [0.1, 0.15) is 0 Å². The average Bonchev–Trinajstić information content (AvgIpc) is 2.82. The topological polar surface area (TPSA) is 42.7 Å². The van der Waals surface area contributed by atoms with Crippen LogP contribution in [0.2, 0.25) is 0 Å². The minimum atomic E-state index is 0.684. The molecule has 1 heterocycles. The molecule has 4 nitrogen and oxygen atoms in total. The van der Waals surface area contributed by atoms with Crippen LogP contribution in [-0.4, -0.2) is 21.5 Å². The van der Waals surface area contributed by atoms with Gasteiger partial charge in [-0.1, -0.05) is 31.2 Å². The number of aryl methyl sites for hydroxylation is 1. The van der Waals surface area contributed by atoms with Crippen molar-refractivity contribution in [2.24, 2.45) is 13.0 Å². The Morgan fingerprint density at radius 3 is 2.90 bits per heavy atom. The normalized spacial score (nSPS) is 11.2. The van der Waals surface area contributed by atoms with E-state index in [2.05, 4.69) is 53.7 Å². The van der Waals surface area contributed by atoms with Gasteiger partial charge >= 0.3 is 0 Å². The van der Waals surface area contributed by atoms with Crippen LogP contribution < -0.4 is 5.32 Å². The van der Waals surface area contributed by atoms with E-state index in [0.29, 0.717) is 5.92 Å². The van der Waals surface area contributed by atoms with Crippen molar-refractivity contribution < 1.29 is 0 Å². The third-order valence-electron chi connectivity index (χ3n) is 2.82. The Labute approximate surface area is 125 Å². The molecule has 108 valence electrons. The maximum absolute atomic E-state index is 4.10. The first-order chi connectivity index (χ1) is 9.63. The van der Waals surface area contributed by atoms with Gasteiger partial charge in [0.05, 0.1) is 5.69 Å². The SMILES string of the molecule is CC(C)CNCc1cccc(SCc2cn(C)nn2)c1. The zero-order valence-corrected chi connectivity index (χ0v) is 13.2. The van der Waals surface area contributed by atoms with Crippen molar-refractivity contribution in [3.63, 3.8) is 0 Å². The fourth-order valence-electron chi connectivity index (χ4n) is 1.87. The van der Waals surface area contributed by atoms with Gasteiger partial charge in [-0.25, -0.2) is 0 Å². The molecule has 5 heteroatoms. The fraction of sp³-hybridized carbons (Fsp3) is 0.467. The van der Waals surface area contributed by atoms with Gasteiger partial charge < -0.3 is 5.32 Å². The molecule has 2 aromatic rings. The number of rotatable bonds is 7. The van der Waals surface area contributed by atoms with Gasteiger partial charge in [0.2, 0.25) is 0 Å². The number of nitrogens with one attached hydrogen (secondary N) is 1. The summed E-state index contributed by atoms with van der Waals surface area (Å²) in [5, 5.41) is 11.5. The first-order valence-electron chi connectivity index (χ1n) is 6.91. The molecule has 0 saturated carbocycles. The summed E-state index contributed by atoms with van der Waals surface area (Å²) in [5.41, 5.74) is 2.34. The smallest absolute Gasteiger partial charge is 0.0929 e. The number of thioether (sulfide) groups is 1. The first kappa shape index (κ1) is 15.1. The summed E-state index contributed by atoms with van der Waals surface area (Å²) in [6.45, 7) is 6.43. The summed E-state index contributed by atoms with van der Waals surface area (Å²) in [5.74, 6) is 1.54. The molecule has 0 aliphatic rings. The van der Waals surface area contributed by atoms with Crippen molar-refractivity contribution in [2.75, 3.05) is 6.54 Å². The quantitative estimate of drug-likeness (QED) is 0.796. The van der Waals surface area contributed by atoms with Crippen LogP contribution in [0.3, 0.4) is 0 Å². The van der Waals surface area contributed by atoms with E-state index in [0.717, 1.165) is 24.5 Å². The van der Waals surface area contributed by atoms with E-state index in [9.17, 15) is 0 Å². The maximum atomic E-state index is 4.10. The van der Waals surface area contributed by atoms with Crippen LogP contribution in [0.5, 0.6) is 0 Å². The van der Waals surface area contributed by atoms with Crippen molar-refractivity contribution >= 4 is 11.8 Å². The third-order valence-corrected chi connectivity index (χ3v) is 3.84. The summed E-state index contributed by atoms with van der Waals surface area (Å²) < 4.78 is 1.74. The fourth-order valence-corrected chi connectivity index (χ4v) is 2.73. The number of aromatic nitrogens is 3. The molecule has 0 spiro atoms. The van der Waals surface area contributed by atoms with Crippen LogP contribution in [0.25, 0.3) is 0 Å². The van der Waals surface area contributed by atoms with Crippen LogP contribution in [-0.2, 0) is 19.3 Å². The summed E-state index contributed by atoms with van der Waals surface area (Å²) in [6.07, 6.45) is 1.96. The van der Waals surface area contributed by atoms with E-state index >= 15 is 0 Å². The molecule has 0 fully saturated rings. The Morgan fingerprint density at radius 2 is 2.20 bits per heavy atom. The van der Waals surface area contributed by atoms with E-state index in [1.807, 2.05) is 13.2 Å². The van der Waals surface area contributed by atoms with Gasteiger partial charge in [-0.05, 0) is 30.2 Å². The molecule has 0 unspecified atom stereocenters. The highest BCUT2D eigenvalue weighted by Crippen LogP contribution is 2.22. The van der Waals surface area contributed by atoms with Crippen molar-refractivity contribution in [2.45, 2.75) is 31.0 Å². The Balaban J connectivity index is 1.85. The van der Waals surface area contributed by atoms with Crippen molar-refractivity contribution in [3.05, 3.63) is 41.7 Å². The van der Waals surface area contributed by atoms with Gasteiger partial charge in [0.25, 0.3) is 0 Å². The van der Waals surface area contributed by atoms with E-state index in [1.165, 1.54) is 10.5 Å². The second kappa shape index (κ2) is 7.45. The Kier molecular flexibility index (Phi) is 5.61. The lowest BCUT2D eigenvalue weighted by molar-refractivity contribution is 0.552. The average molecular weight is 290 g/mol. The Hall–Kier alpha value is -1.33. The Morgan fingerprint density at radius 1 is 1.35 bits per heavy atom. The largest absolute Gasteiger partial charge is 0.312 e. The van der Waals surface area contributed by atoms with Crippen LogP contribution >= 0.6 is 11.8 Å². The standard InChI is InChI=1S/C15H22N4S/c1-12(2)8-16-9-13-5-4-6-15(7-13)20-11-14-10-19(3)18-17-14/h4-7,10,12,16H,8-9,11H2,1-3H3. The lowest BCUT2D eigenvalue weighted by Crippen LogP contribution is -2.18. The van der Waals surface area contributed by atoms with Gasteiger partial charge in [-0.2, -0.15) is 0 Å². The molecule has 0 radical (unpaired) electrons. The molecular formula is C15H22N4S. The first-order valence-corrected chi connectivity index (χ1v) is 7.89. The number of benzene rings is 1. The highest BCUT2D eigenvalue weighted by Gasteiger charge is 2.02. The zero-order valence-electron chi connectivity index (χ0n) is 12.3. The van der Waals surface area contributed by atoms with E-state index in [4.69, 9.17) is 0 Å². The summed E-state index contributed by atoms with van der Waals surface area (Å²) in [6, 6.07) is 8.67. The van der Waals surface area contributed by atoms with Gasteiger partial charge in [0.15, 0.2) is 0 Å². The highest BCUT2D eigenvalue weighted by molar-refractivity contribution is 7.98. The molecule has 0 aliphatic carbocycles. The van der Waals surface area contributed by atoms with E-state index in [1.54, 1.807) is 16.4 Å². The molecule has 1 N–H and O–H groups in total. The van der Waals surface area contributed by atoms with Crippen LogP contribution in [0.15, 0.2) is 35.4 Å². The molecule has 0 bridgehead atoms. The lowest BCUT2D eigenvalue weighted by Gasteiger charge is -2.08. The molecule has 0 aliphatic heterocycles. The van der Waals surface area contributed by atoms with Crippen LogP contribution in [0.4, 0.5) is 0 Å². The molecule has 0 atom stereocenters. The monoisotopic (exact) mass is 290 g/mol. The predicted octanol–water partition coefficient (Wildman–Crippen LogP) is 2.85. The maximum Gasteiger partial charge on any atom is 0.0929 e. The molecule has 1 aromatic carbocycles. The Bertz CT molecular complexity index is 536. The molecule has 2 rings (SSSR count). The van der Waals surface area contributed by atoms with Crippen LogP contribution in [0, 0.1) is 5.92 Å². The molecule has 0 amide bonds. The second-order valence-electron chi connectivity index (χ2n) is 5.34. The molecular weight excluding hydrogens is 268 g/mol. The molecule has 20 heavy (non-hydrogen) atoms. The second-order valence-corrected chi connectivity index (χ2v) is 6.39. The van der Waals surface area contributed by atoms with E-state index in [-0.39, 0.29) is 0 Å². The van der Waals surface area contributed by atoms with Crippen molar-refractivity contribution in [1.29, 1.82) is 0 Å². The number of hydrogen-bond donors (Lipinski definition) is 1. The summed E-state index contributed by atoms with van der Waals surface area (Å²) in [7, 11) is 1.89. The van der Waals surface area contributed by atoms with E-state index < -0.39 is 0 Å². The summed E-state index contributed by atoms with van der Waals surface area (Å²) >= 11 is 1.80. The predicted molar refractivity (Wildman–Crippen MR) is 83.6 cm³/mol. The lowest BCUT2D eigenvalue weighted by atomic mass is 10.2. The summed E-state index contributed by atoms with van der Waals surface area (Å²) in [4.78, 5) is 1.28. The zero-order chi connectivity index (χ0) is 14.4. The van der Waals surface area contributed by atoms with Crippen molar-refractivity contribution in [3.8, 4) is 0 Å². The molecule has 1 aromatic heterocycles. The van der Waals surface area contributed by atoms with Crippen LogP contribution in [0.1, 0.15) is 25.1 Å². The van der Waals surface area contributed by atoms with Gasteiger partial charge in [-0.15, -0.1) is 16.9 Å². The molecule has 0 saturated heterocycles. The number of nitrogens with zero attached hydrogens (tertiary/aromatic N) is 3. The van der Waals surface area contributed by atoms with Gasteiger partial charge in [-0.3, -0.25) is 4.68 Å².